The number of fused-ring (bicyclic) bond motifs is 2. The lowest BCUT2D eigenvalue weighted by atomic mass is 9.62. The van der Waals surface area contributed by atoms with Crippen molar-refractivity contribution in [3.05, 3.63) is 29.3 Å². The minimum atomic E-state index is 0.561. The van der Waals surface area contributed by atoms with Gasteiger partial charge in [0.2, 0.25) is 0 Å². The van der Waals surface area contributed by atoms with Crippen LogP contribution in [-0.2, 0) is 17.6 Å². The number of rotatable bonds is 8. The van der Waals surface area contributed by atoms with Crippen LogP contribution < -0.4 is 4.74 Å². The number of benzene rings is 1. The quantitative estimate of drug-likeness (QED) is 0.440. The number of methoxy groups -OCH3 is 1. The summed E-state index contributed by atoms with van der Waals surface area (Å²) in [5.41, 5.74) is 3.12. The van der Waals surface area contributed by atoms with E-state index in [1.807, 2.05) is 0 Å². The highest BCUT2D eigenvalue weighted by Crippen LogP contribution is 2.47. The van der Waals surface area contributed by atoms with Crippen LogP contribution in [0.4, 0.5) is 0 Å². The molecule has 2 nitrogen and oxygen atoms in total. The van der Waals surface area contributed by atoms with Crippen molar-refractivity contribution in [1.29, 1.82) is 0 Å². The van der Waals surface area contributed by atoms with Crippen LogP contribution in [0.5, 0.6) is 5.75 Å². The van der Waals surface area contributed by atoms with E-state index in [2.05, 4.69) is 25.1 Å². The Hall–Kier alpha value is -1.02. The molecular weight excluding hydrogens is 356 g/mol. The Morgan fingerprint density at radius 1 is 0.828 bits per heavy atom. The highest BCUT2D eigenvalue weighted by atomic mass is 16.5. The number of unbranched alkanes of at least 4 members (excludes halogenated alkanes) is 3. The fourth-order valence-corrected chi connectivity index (χ4v) is 6.53. The molecule has 3 unspecified atom stereocenters. The molecule has 0 radical (unpaired) electrons. The summed E-state index contributed by atoms with van der Waals surface area (Å²) in [5.74, 6) is 4.81. The van der Waals surface area contributed by atoms with Crippen LogP contribution in [0.3, 0.4) is 0 Å². The fourth-order valence-electron chi connectivity index (χ4n) is 6.53. The minimum absolute atomic E-state index is 0.561. The predicted octanol–water partition coefficient (Wildman–Crippen LogP) is 6.98. The standard InChI is InChI=1S/C27H42O2/c1-3-4-5-6-15-29-27-14-12-23-17-21(8-10-25(23)19-27)20-7-9-24-18-26(28-2)13-11-22(24)16-20/h11,13,18,20-21,23,25,27H,3-10,12,14-17,19H2,1-2H3/t20?,21?,23-,25?,27-/m1/s1. The highest BCUT2D eigenvalue weighted by molar-refractivity contribution is 5.37. The SMILES string of the molecule is CCCCCCO[C@@H]1CC[C@@H]2CC(C3CCc4cc(OC)ccc4C3)CCC2C1. The molecule has 1 aromatic rings. The monoisotopic (exact) mass is 398 g/mol. The maximum atomic E-state index is 6.27. The third-order valence-corrected chi connectivity index (χ3v) is 8.30. The van der Waals surface area contributed by atoms with Crippen molar-refractivity contribution in [2.75, 3.05) is 13.7 Å². The van der Waals surface area contributed by atoms with Gasteiger partial charge in [-0.2, -0.15) is 0 Å². The molecule has 0 spiro atoms. The van der Waals surface area contributed by atoms with Gasteiger partial charge in [-0.05, 0) is 111 Å². The molecule has 0 amide bonds. The van der Waals surface area contributed by atoms with Gasteiger partial charge in [0.15, 0.2) is 0 Å². The molecule has 0 saturated heterocycles. The number of hydrogen-bond donors (Lipinski definition) is 0. The minimum Gasteiger partial charge on any atom is -0.497 e. The van der Waals surface area contributed by atoms with Crippen LogP contribution >= 0.6 is 0 Å². The van der Waals surface area contributed by atoms with Gasteiger partial charge in [0, 0.05) is 6.61 Å². The van der Waals surface area contributed by atoms with Gasteiger partial charge in [0.25, 0.3) is 0 Å². The lowest BCUT2D eigenvalue weighted by Gasteiger charge is -2.45. The van der Waals surface area contributed by atoms with E-state index in [9.17, 15) is 0 Å². The van der Waals surface area contributed by atoms with Gasteiger partial charge in [-0.25, -0.2) is 0 Å². The number of aryl methyl sites for hydroxylation is 1. The normalized spacial score (nSPS) is 31.7. The zero-order chi connectivity index (χ0) is 20.1. The van der Waals surface area contributed by atoms with Crippen LogP contribution in [0.25, 0.3) is 0 Å². The smallest absolute Gasteiger partial charge is 0.119 e. The Morgan fingerprint density at radius 2 is 1.62 bits per heavy atom. The largest absolute Gasteiger partial charge is 0.497 e. The Morgan fingerprint density at radius 3 is 2.45 bits per heavy atom. The molecule has 162 valence electrons. The first-order chi connectivity index (χ1) is 14.3. The van der Waals surface area contributed by atoms with Crippen molar-refractivity contribution in [2.24, 2.45) is 23.7 Å². The molecular formula is C27H42O2. The van der Waals surface area contributed by atoms with Crippen LogP contribution in [0, 0.1) is 23.7 Å². The lowest BCUT2D eigenvalue weighted by Crippen LogP contribution is -2.37. The molecule has 0 heterocycles. The Labute approximate surface area is 178 Å². The van der Waals surface area contributed by atoms with E-state index in [-0.39, 0.29) is 0 Å². The van der Waals surface area contributed by atoms with Crippen molar-refractivity contribution in [1.82, 2.24) is 0 Å². The van der Waals surface area contributed by atoms with Gasteiger partial charge in [-0.1, -0.05) is 32.3 Å². The average Bonchev–Trinajstić information content (AvgIpc) is 2.77. The second-order valence-corrected chi connectivity index (χ2v) is 10.1. The average molecular weight is 399 g/mol. The van der Waals surface area contributed by atoms with Crippen molar-refractivity contribution in [3.63, 3.8) is 0 Å². The van der Waals surface area contributed by atoms with E-state index >= 15 is 0 Å². The summed E-state index contributed by atoms with van der Waals surface area (Å²) < 4.78 is 11.7. The maximum Gasteiger partial charge on any atom is 0.119 e. The molecule has 5 atom stereocenters. The Balaban J connectivity index is 1.24. The summed E-state index contributed by atoms with van der Waals surface area (Å²) in [4.78, 5) is 0. The first-order valence-corrected chi connectivity index (χ1v) is 12.5. The summed E-state index contributed by atoms with van der Waals surface area (Å²) in [5, 5.41) is 0. The summed E-state index contributed by atoms with van der Waals surface area (Å²) >= 11 is 0. The molecule has 2 fully saturated rings. The van der Waals surface area contributed by atoms with Crippen molar-refractivity contribution < 1.29 is 9.47 Å². The van der Waals surface area contributed by atoms with Crippen molar-refractivity contribution in [3.8, 4) is 5.75 Å². The topological polar surface area (TPSA) is 18.5 Å². The number of hydrogen-bond acceptors (Lipinski definition) is 2. The zero-order valence-electron chi connectivity index (χ0n) is 18.8. The third kappa shape index (κ3) is 5.37. The Bertz CT molecular complexity index is 639. The van der Waals surface area contributed by atoms with Gasteiger partial charge in [0.05, 0.1) is 13.2 Å². The summed E-state index contributed by atoms with van der Waals surface area (Å²) in [6.45, 7) is 3.28. The van der Waals surface area contributed by atoms with Crippen molar-refractivity contribution >= 4 is 0 Å². The van der Waals surface area contributed by atoms with Crippen LogP contribution in [-0.4, -0.2) is 19.8 Å². The van der Waals surface area contributed by atoms with Gasteiger partial charge >= 0.3 is 0 Å². The van der Waals surface area contributed by atoms with E-state index in [4.69, 9.17) is 9.47 Å². The predicted molar refractivity (Wildman–Crippen MR) is 121 cm³/mol. The summed E-state index contributed by atoms with van der Waals surface area (Å²) in [6.07, 6.45) is 18.2. The van der Waals surface area contributed by atoms with E-state index in [1.54, 1.807) is 12.7 Å². The molecule has 0 N–H and O–H groups in total. The molecule has 3 aliphatic rings. The molecule has 1 aromatic carbocycles. The second kappa shape index (κ2) is 10.3. The zero-order valence-corrected chi connectivity index (χ0v) is 18.8. The Kier molecular flexibility index (Phi) is 7.56. The van der Waals surface area contributed by atoms with Gasteiger partial charge in [-0.3, -0.25) is 0 Å². The van der Waals surface area contributed by atoms with Crippen LogP contribution in [0.1, 0.15) is 88.7 Å². The van der Waals surface area contributed by atoms with Crippen LogP contribution in [0.15, 0.2) is 18.2 Å². The molecule has 3 aliphatic carbocycles. The van der Waals surface area contributed by atoms with E-state index in [1.165, 1.54) is 89.0 Å². The molecule has 0 aromatic heterocycles. The fraction of sp³-hybridized carbons (Fsp3) is 0.778. The van der Waals surface area contributed by atoms with Crippen LogP contribution in [0.2, 0.25) is 0 Å². The van der Waals surface area contributed by atoms with Crippen molar-refractivity contribution in [2.45, 2.75) is 96.5 Å². The molecule has 2 heteroatoms. The molecule has 0 bridgehead atoms. The second-order valence-electron chi connectivity index (χ2n) is 10.1. The molecule has 29 heavy (non-hydrogen) atoms. The summed E-state index contributed by atoms with van der Waals surface area (Å²) in [7, 11) is 1.78. The summed E-state index contributed by atoms with van der Waals surface area (Å²) in [6, 6.07) is 6.75. The number of ether oxygens (including phenoxy) is 2. The van der Waals surface area contributed by atoms with Gasteiger partial charge in [-0.15, -0.1) is 0 Å². The highest BCUT2D eigenvalue weighted by Gasteiger charge is 2.38. The van der Waals surface area contributed by atoms with Gasteiger partial charge in [0.1, 0.15) is 5.75 Å². The third-order valence-electron chi connectivity index (χ3n) is 8.30. The molecule has 4 rings (SSSR count). The van der Waals surface area contributed by atoms with Gasteiger partial charge < -0.3 is 9.47 Å². The maximum absolute atomic E-state index is 6.27. The molecule has 2 saturated carbocycles. The lowest BCUT2D eigenvalue weighted by molar-refractivity contribution is -0.0250. The van der Waals surface area contributed by atoms with E-state index < -0.39 is 0 Å². The van der Waals surface area contributed by atoms with E-state index in [0.717, 1.165) is 36.0 Å². The first-order valence-electron chi connectivity index (χ1n) is 12.5. The first kappa shape index (κ1) is 21.2. The van der Waals surface area contributed by atoms with E-state index in [0.29, 0.717) is 6.10 Å². The molecule has 0 aliphatic heterocycles.